The van der Waals surface area contributed by atoms with Crippen LogP contribution in [-0.4, -0.2) is 31.2 Å². The normalized spacial score (nSPS) is 21.5. The molecular formula is C13H20N2O3. The number of amides is 1. The van der Waals surface area contributed by atoms with Crippen LogP contribution in [0.25, 0.3) is 0 Å². The predicted octanol–water partition coefficient (Wildman–Crippen LogP) is 1.05. The summed E-state index contributed by atoms with van der Waals surface area (Å²) in [6.07, 6.45) is 3.43. The first-order valence-corrected chi connectivity index (χ1v) is 6.42. The summed E-state index contributed by atoms with van der Waals surface area (Å²) < 4.78 is 10.9. The first-order chi connectivity index (χ1) is 8.75. The van der Waals surface area contributed by atoms with Gasteiger partial charge in [-0.3, -0.25) is 4.79 Å². The Morgan fingerprint density at radius 1 is 1.72 bits per heavy atom. The Labute approximate surface area is 107 Å². The molecule has 1 aromatic rings. The molecule has 0 radical (unpaired) electrons. The van der Waals surface area contributed by atoms with E-state index < -0.39 is 6.10 Å². The number of rotatable bonds is 5. The summed E-state index contributed by atoms with van der Waals surface area (Å²) in [4.78, 5) is 11.8. The van der Waals surface area contributed by atoms with Crippen molar-refractivity contribution in [3.05, 3.63) is 24.2 Å². The summed E-state index contributed by atoms with van der Waals surface area (Å²) in [5.74, 6) is 0.645. The molecule has 0 aromatic carbocycles. The van der Waals surface area contributed by atoms with Crippen molar-refractivity contribution >= 4 is 5.91 Å². The summed E-state index contributed by atoms with van der Waals surface area (Å²) in [6, 6.07) is 3.63. The Morgan fingerprint density at radius 3 is 3.28 bits per heavy atom. The van der Waals surface area contributed by atoms with Crippen LogP contribution < -0.4 is 10.6 Å². The Bertz CT molecular complexity index is 358. The van der Waals surface area contributed by atoms with Crippen LogP contribution in [0.4, 0.5) is 0 Å². The molecule has 1 aliphatic heterocycles. The zero-order valence-electron chi connectivity index (χ0n) is 10.6. The maximum atomic E-state index is 11.8. The number of nitrogens with one attached hydrogen (secondary N) is 2. The summed E-state index contributed by atoms with van der Waals surface area (Å²) in [5, 5.41) is 6.06. The van der Waals surface area contributed by atoms with Crippen molar-refractivity contribution in [3.63, 3.8) is 0 Å². The van der Waals surface area contributed by atoms with Crippen LogP contribution in [0.2, 0.25) is 0 Å². The molecule has 5 heteroatoms. The molecule has 1 saturated heterocycles. The molecule has 5 nitrogen and oxygen atoms in total. The molecular weight excluding hydrogens is 232 g/mol. The first-order valence-electron chi connectivity index (χ1n) is 6.42. The minimum atomic E-state index is -0.426. The number of hydrogen-bond donors (Lipinski definition) is 2. The molecule has 0 aliphatic carbocycles. The summed E-state index contributed by atoms with van der Waals surface area (Å²) in [7, 11) is 0. The van der Waals surface area contributed by atoms with Crippen molar-refractivity contribution < 1.29 is 13.9 Å². The minimum absolute atomic E-state index is 0.100. The molecule has 1 fully saturated rings. The topological polar surface area (TPSA) is 63.5 Å². The summed E-state index contributed by atoms with van der Waals surface area (Å²) in [6.45, 7) is 4.06. The summed E-state index contributed by atoms with van der Waals surface area (Å²) in [5.41, 5.74) is 0. The van der Waals surface area contributed by atoms with Gasteiger partial charge in [-0.25, -0.2) is 0 Å². The third-order valence-corrected chi connectivity index (χ3v) is 3.03. The van der Waals surface area contributed by atoms with Crippen molar-refractivity contribution in [2.75, 3.05) is 13.1 Å². The number of hydrogen-bond acceptors (Lipinski definition) is 4. The molecule has 1 aromatic heterocycles. The number of piperidine rings is 1. The van der Waals surface area contributed by atoms with Gasteiger partial charge in [0.05, 0.1) is 18.9 Å². The highest BCUT2D eigenvalue weighted by atomic mass is 16.5. The van der Waals surface area contributed by atoms with Crippen LogP contribution >= 0.6 is 0 Å². The molecule has 0 spiro atoms. The second-order valence-electron chi connectivity index (χ2n) is 4.54. The van der Waals surface area contributed by atoms with E-state index in [-0.39, 0.29) is 12.0 Å². The Balaban J connectivity index is 1.70. The molecule has 2 atom stereocenters. The second-order valence-corrected chi connectivity index (χ2v) is 4.54. The third kappa shape index (κ3) is 3.85. The van der Waals surface area contributed by atoms with E-state index in [1.54, 1.807) is 19.3 Å². The van der Waals surface area contributed by atoms with E-state index >= 15 is 0 Å². The Kier molecular flexibility index (Phi) is 4.78. The van der Waals surface area contributed by atoms with E-state index in [0.29, 0.717) is 6.54 Å². The highest BCUT2D eigenvalue weighted by Gasteiger charge is 2.20. The number of furan rings is 1. The minimum Gasteiger partial charge on any atom is -0.467 e. The fraction of sp³-hybridized carbons (Fsp3) is 0.615. The monoisotopic (exact) mass is 252 g/mol. The lowest BCUT2D eigenvalue weighted by Crippen LogP contribution is -2.41. The third-order valence-electron chi connectivity index (χ3n) is 3.03. The van der Waals surface area contributed by atoms with E-state index in [1.165, 1.54) is 0 Å². The van der Waals surface area contributed by atoms with Gasteiger partial charge in [0.15, 0.2) is 0 Å². The average Bonchev–Trinajstić information content (AvgIpc) is 2.90. The molecule has 2 heterocycles. The standard InChI is InChI=1S/C13H20N2O3/c1-10(18-12-4-2-6-14-8-12)13(16)15-9-11-5-3-7-17-11/h3,5,7,10,12,14H,2,4,6,8-9H2,1H3,(H,15,16)/t10?,12-/m0/s1. The number of ether oxygens (including phenoxy) is 1. The Morgan fingerprint density at radius 2 is 2.61 bits per heavy atom. The van der Waals surface area contributed by atoms with Crippen LogP contribution in [-0.2, 0) is 16.1 Å². The van der Waals surface area contributed by atoms with E-state index in [0.717, 1.165) is 31.7 Å². The van der Waals surface area contributed by atoms with Gasteiger partial charge in [-0.15, -0.1) is 0 Å². The van der Waals surface area contributed by atoms with E-state index in [1.807, 2.05) is 6.07 Å². The average molecular weight is 252 g/mol. The smallest absolute Gasteiger partial charge is 0.249 e. The molecule has 2 N–H and O–H groups in total. The maximum absolute atomic E-state index is 11.8. The first kappa shape index (κ1) is 13.1. The lowest BCUT2D eigenvalue weighted by Gasteiger charge is -2.25. The van der Waals surface area contributed by atoms with Gasteiger partial charge in [-0.05, 0) is 38.4 Å². The molecule has 2 rings (SSSR count). The number of carbonyl (C=O) groups excluding carboxylic acids is 1. The number of carbonyl (C=O) groups is 1. The highest BCUT2D eigenvalue weighted by molar-refractivity contribution is 5.80. The molecule has 1 unspecified atom stereocenters. The fourth-order valence-electron chi connectivity index (χ4n) is 2.02. The van der Waals surface area contributed by atoms with Gasteiger partial charge in [0.25, 0.3) is 0 Å². The van der Waals surface area contributed by atoms with Crippen molar-refractivity contribution in [2.45, 2.75) is 38.5 Å². The molecule has 1 amide bonds. The van der Waals surface area contributed by atoms with Gasteiger partial charge >= 0.3 is 0 Å². The van der Waals surface area contributed by atoms with Gasteiger partial charge in [0, 0.05) is 6.54 Å². The molecule has 1 aliphatic rings. The van der Waals surface area contributed by atoms with Crippen LogP contribution in [0.5, 0.6) is 0 Å². The predicted molar refractivity (Wildman–Crippen MR) is 67.0 cm³/mol. The molecule has 0 bridgehead atoms. The van der Waals surface area contributed by atoms with Gasteiger partial charge < -0.3 is 19.8 Å². The Hall–Kier alpha value is -1.33. The second kappa shape index (κ2) is 6.56. The van der Waals surface area contributed by atoms with Gasteiger partial charge in [-0.2, -0.15) is 0 Å². The fourth-order valence-corrected chi connectivity index (χ4v) is 2.02. The van der Waals surface area contributed by atoms with Gasteiger partial charge in [0.1, 0.15) is 11.9 Å². The maximum Gasteiger partial charge on any atom is 0.249 e. The zero-order chi connectivity index (χ0) is 12.8. The highest BCUT2D eigenvalue weighted by Crippen LogP contribution is 2.09. The lowest BCUT2D eigenvalue weighted by atomic mass is 10.1. The quantitative estimate of drug-likeness (QED) is 0.822. The van der Waals surface area contributed by atoms with Crippen LogP contribution in [0.1, 0.15) is 25.5 Å². The largest absolute Gasteiger partial charge is 0.467 e. The van der Waals surface area contributed by atoms with Gasteiger partial charge in [0.2, 0.25) is 5.91 Å². The van der Waals surface area contributed by atoms with E-state index in [9.17, 15) is 4.79 Å². The molecule has 100 valence electrons. The molecule has 18 heavy (non-hydrogen) atoms. The van der Waals surface area contributed by atoms with Crippen LogP contribution in [0.3, 0.4) is 0 Å². The van der Waals surface area contributed by atoms with Crippen molar-refractivity contribution in [1.82, 2.24) is 10.6 Å². The van der Waals surface area contributed by atoms with E-state index in [4.69, 9.17) is 9.15 Å². The van der Waals surface area contributed by atoms with Crippen molar-refractivity contribution in [3.8, 4) is 0 Å². The zero-order valence-corrected chi connectivity index (χ0v) is 10.6. The van der Waals surface area contributed by atoms with E-state index in [2.05, 4.69) is 10.6 Å². The SMILES string of the molecule is CC(O[C@H]1CCCNC1)C(=O)NCc1ccco1. The molecule has 0 saturated carbocycles. The van der Waals surface area contributed by atoms with Crippen molar-refractivity contribution in [2.24, 2.45) is 0 Å². The summed E-state index contributed by atoms with van der Waals surface area (Å²) >= 11 is 0. The van der Waals surface area contributed by atoms with Gasteiger partial charge in [-0.1, -0.05) is 0 Å². The van der Waals surface area contributed by atoms with Crippen LogP contribution in [0.15, 0.2) is 22.8 Å². The van der Waals surface area contributed by atoms with Crippen LogP contribution in [0, 0.1) is 0 Å². The lowest BCUT2D eigenvalue weighted by molar-refractivity contribution is -0.136. The van der Waals surface area contributed by atoms with Crippen molar-refractivity contribution in [1.29, 1.82) is 0 Å².